The maximum atomic E-state index is 14.2. The first-order chi connectivity index (χ1) is 14.8. The Bertz CT molecular complexity index is 1150. The van der Waals surface area contributed by atoms with Crippen molar-refractivity contribution in [1.29, 1.82) is 0 Å². The Kier molecular flexibility index (Phi) is 6.65. The second-order valence-electron chi connectivity index (χ2n) is 7.21. The summed E-state index contributed by atoms with van der Waals surface area (Å²) in [4.78, 5) is 36.6. The number of nitrogens with one attached hydrogen (secondary N) is 1. The van der Waals surface area contributed by atoms with Crippen molar-refractivity contribution in [2.45, 2.75) is 20.8 Å². The normalized spacial score (nSPS) is 10.6. The van der Waals surface area contributed by atoms with Gasteiger partial charge in [-0.15, -0.1) is 0 Å². The van der Waals surface area contributed by atoms with E-state index < -0.39 is 30.1 Å². The Balaban J connectivity index is 1.60. The number of para-hydroxylation sites is 1. The summed E-state index contributed by atoms with van der Waals surface area (Å²) in [5, 5.41) is 2.47. The number of ether oxygens (including phenoxy) is 1. The van der Waals surface area contributed by atoms with Gasteiger partial charge in [-0.2, -0.15) is 0 Å². The van der Waals surface area contributed by atoms with Gasteiger partial charge in [-0.3, -0.25) is 14.4 Å². The third-order valence-corrected chi connectivity index (χ3v) is 4.86. The lowest BCUT2D eigenvalue weighted by Gasteiger charge is -2.11. The van der Waals surface area contributed by atoms with Gasteiger partial charge < -0.3 is 14.6 Å². The smallest absolute Gasteiger partial charge is 0.325 e. The number of nitrogens with zero attached hydrogens (tertiary/aromatic N) is 1. The van der Waals surface area contributed by atoms with Crippen LogP contribution in [0, 0.1) is 26.6 Å². The number of Topliss-reactive ketones (excluding diaryl/α,β-unsaturated/α-hetero) is 1. The highest BCUT2D eigenvalue weighted by Crippen LogP contribution is 2.23. The Morgan fingerprint density at radius 3 is 2.45 bits per heavy atom. The topological polar surface area (TPSA) is 77.4 Å². The van der Waals surface area contributed by atoms with E-state index in [1.165, 1.54) is 6.07 Å². The number of hydrogen-bond donors (Lipinski definition) is 1. The standard InChI is InChI=1S/C24H23FN2O4/c1-15-7-6-8-18(11-15)24(30)26-13-23(29)31-14-22(28)19-12-16(2)27(17(19)3)21-10-5-4-9-20(21)25/h4-12H,13-14H2,1-3H3,(H,26,30). The van der Waals surface area contributed by atoms with Gasteiger partial charge >= 0.3 is 5.97 Å². The van der Waals surface area contributed by atoms with Gasteiger partial charge in [-0.25, -0.2) is 4.39 Å². The molecule has 0 unspecified atom stereocenters. The third-order valence-electron chi connectivity index (χ3n) is 4.86. The summed E-state index contributed by atoms with van der Waals surface area (Å²) in [5.41, 5.74) is 3.28. The van der Waals surface area contributed by atoms with Crippen molar-refractivity contribution >= 4 is 17.7 Å². The molecule has 0 spiro atoms. The molecule has 0 radical (unpaired) electrons. The van der Waals surface area contributed by atoms with E-state index >= 15 is 0 Å². The number of amides is 1. The fraction of sp³-hybridized carbons (Fsp3) is 0.208. The first kappa shape index (κ1) is 22.0. The van der Waals surface area contributed by atoms with E-state index in [1.54, 1.807) is 60.9 Å². The highest BCUT2D eigenvalue weighted by molar-refractivity contribution is 6.00. The summed E-state index contributed by atoms with van der Waals surface area (Å²) >= 11 is 0. The molecule has 0 saturated carbocycles. The molecule has 7 heteroatoms. The van der Waals surface area contributed by atoms with Crippen LogP contribution < -0.4 is 5.32 Å². The van der Waals surface area contributed by atoms with Crippen LogP contribution in [0.1, 0.15) is 37.7 Å². The van der Waals surface area contributed by atoms with Crippen molar-refractivity contribution in [1.82, 2.24) is 9.88 Å². The zero-order chi connectivity index (χ0) is 22.5. The van der Waals surface area contributed by atoms with Crippen LogP contribution in [-0.2, 0) is 9.53 Å². The third kappa shape index (κ3) is 5.06. The second-order valence-corrected chi connectivity index (χ2v) is 7.21. The number of carbonyl (C=O) groups excluding carboxylic acids is 3. The minimum absolute atomic E-state index is 0.340. The molecule has 6 nitrogen and oxygen atoms in total. The van der Waals surface area contributed by atoms with Gasteiger partial charge in [0.15, 0.2) is 6.61 Å². The van der Waals surface area contributed by atoms with Crippen molar-refractivity contribution in [2.75, 3.05) is 13.2 Å². The van der Waals surface area contributed by atoms with Crippen LogP contribution in [0.5, 0.6) is 0 Å². The zero-order valence-corrected chi connectivity index (χ0v) is 17.6. The molecule has 160 valence electrons. The lowest BCUT2D eigenvalue weighted by atomic mass is 10.1. The first-order valence-electron chi connectivity index (χ1n) is 9.75. The summed E-state index contributed by atoms with van der Waals surface area (Å²) < 4.78 is 20.8. The van der Waals surface area contributed by atoms with Crippen molar-refractivity contribution in [3.63, 3.8) is 0 Å². The van der Waals surface area contributed by atoms with Crippen LogP contribution in [0.25, 0.3) is 5.69 Å². The minimum Gasteiger partial charge on any atom is -0.456 e. The summed E-state index contributed by atoms with van der Waals surface area (Å²) in [6.45, 7) is 4.51. The number of ketones is 1. The number of benzene rings is 2. The number of carbonyl (C=O) groups is 3. The Morgan fingerprint density at radius 2 is 1.74 bits per heavy atom. The van der Waals surface area contributed by atoms with Gasteiger partial charge in [0.05, 0.1) is 5.69 Å². The van der Waals surface area contributed by atoms with E-state index in [4.69, 9.17) is 4.74 Å². The van der Waals surface area contributed by atoms with Crippen molar-refractivity contribution < 1.29 is 23.5 Å². The van der Waals surface area contributed by atoms with Gasteiger partial charge in [0.1, 0.15) is 12.4 Å². The van der Waals surface area contributed by atoms with Gasteiger partial charge in [0.25, 0.3) is 5.91 Å². The summed E-state index contributed by atoms with van der Waals surface area (Å²) in [6, 6.07) is 14.9. The zero-order valence-electron chi connectivity index (χ0n) is 17.6. The monoisotopic (exact) mass is 422 g/mol. The lowest BCUT2D eigenvalue weighted by molar-refractivity contribution is -0.141. The number of aromatic nitrogens is 1. The van der Waals surface area contributed by atoms with Crippen molar-refractivity contribution in [2.24, 2.45) is 0 Å². The van der Waals surface area contributed by atoms with Gasteiger partial charge in [0.2, 0.25) is 5.78 Å². The second kappa shape index (κ2) is 9.38. The van der Waals surface area contributed by atoms with E-state index in [0.717, 1.165) is 5.56 Å². The molecule has 0 bridgehead atoms. The Hall–Kier alpha value is -3.74. The highest BCUT2D eigenvalue weighted by Gasteiger charge is 2.19. The molecule has 1 aromatic heterocycles. The fourth-order valence-corrected chi connectivity index (χ4v) is 3.36. The molecule has 1 N–H and O–H groups in total. The molecule has 0 aliphatic carbocycles. The molecular weight excluding hydrogens is 399 g/mol. The molecular formula is C24H23FN2O4. The number of hydrogen-bond acceptors (Lipinski definition) is 4. The quantitative estimate of drug-likeness (QED) is 0.465. The SMILES string of the molecule is Cc1cccc(C(=O)NCC(=O)OCC(=O)c2cc(C)n(-c3ccccc3F)c2C)c1. The van der Waals surface area contributed by atoms with Gasteiger partial charge in [-0.1, -0.05) is 29.8 Å². The van der Waals surface area contributed by atoms with Crippen LogP contribution in [-0.4, -0.2) is 35.4 Å². The molecule has 0 aliphatic heterocycles. The minimum atomic E-state index is -0.725. The molecule has 1 amide bonds. The average molecular weight is 422 g/mol. The molecule has 1 heterocycles. The Morgan fingerprint density at radius 1 is 1.00 bits per heavy atom. The number of halogens is 1. The van der Waals surface area contributed by atoms with E-state index in [9.17, 15) is 18.8 Å². The molecule has 3 rings (SSSR count). The predicted molar refractivity (Wildman–Crippen MR) is 114 cm³/mol. The number of esters is 1. The molecule has 0 saturated heterocycles. The molecule has 2 aromatic carbocycles. The largest absolute Gasteiger partial charge is 0.456 e. The van der Waals surface area contributed by atoms with Crippen molar-refractivity contribution in [3.05, 3.63) is 88.5 Å². The fourth-order valence-electron chi connectivity index (χ4n) is 3.36. The van der Waals surface area contributed by atoms with Crippen LogP contribution >= 0.6 is 0 Å². The van der Waals surface area contributed by atoms with Crippen LogP contribution in [0.4, 0.5) is 4.39 Å². The molecule has 31 heavy (non-hydrogen) atoms. The number of rotatable bonds is 7. The van der Waals surface area contributed by atoms with Crippen LogP contribution in [0.15, 0.2) is 54.6 Å². The summed E-state index contributed by atoms with van der Waals surface area (Å²) in [6.07, 6.45) is 0. The first-order valence-corrected chi connectivity index (χ1v) is 9.75. The summed E-state index contributed by atoms with van der Waals surface area (Å²) in [5.74, 6) is -1.94. The molecule has 0 atom stereocenters. The maximum absolute atomic E-state index is 14.2. The van der Waals surface area contributed by atoms with E-state index in [1.807, 2.05) is 13.0 Å². The average Bonchev–Trinajstić information content (AvgIpc) is 3.04. The Labute approximate surface area is 179 Å². The molecule has 0 aliphatic rings. The van der Waals surface area contributed by atoms with Gasteiger partial charge in [-0.05, 0) is 51.1 Å². The van der Waals surface area contributed by atoms with E-state index in [2.05, 4.69) is 5.32 Å². The number of aryl methyl sites for hydroxylation is 2. The van der Waals surface area contributed by atoms with E-state index in [-0.39, 0.29) is 6.54 Å². The highest BCUT2D eigenvalue weighted by atomic mass is 19.1. The molecule has 3 aromatic rings. The lowest BCUT2D eigenvalue weighted by Crippen LogP contribution is -2.31. The van der Waals surface area contributed by atoms with E-state index in [0.29, 0.717) is 28.2 Å². The van der Waals surface area contributed by atoms with Gasteiger partial charge in [0, 0.05) is 22.5 Å². The summed E-state index contributed by atoms with van der Waals surface area (Å²) in [7, 11) is 0. The molecule has 0 fully saturated rings. The van der Waals surface area contributed by atoms with Crippen molar-refractivity contribution in [3.8, 4) is 5.69 Å². The van der Waals surface area contributed by atoms with Crippen LogP contribution in [0.3, 0.4) is 0 Å². The maximum Gasteiger partial charge on any atom is 0.325 e. The van der Waals surface area contributed by atoms with Crippen LogP contribution in [0.2, 0.25) is 0 Å². The predicted octanol–water partition coefficient (Wildman–Crippen LogP) is 3.70.